The van der Waals surface area contributed by atoms with E-state index in [2.05, 4.69) is 19.6 Å². The number of morpholine rings is 1. The summed E-state index contributed by atoms with van der Waals surface area (Å²) >= 11 is 1.12. The largest absolute Gasteiger partial charge is 0.463 e. The maximum absolute atomic E-state index is 12.4. The third kappa shape index (κ3) is 6.52. The van der Waals surface area contributed by atoms with Crippen LogP contribution < -0.4 is 11.3 Å². The summed E-state index contributed by atoms with van der Waals surface area (Å²) in [6.07, 6.45) is 1.05. The van der Waals surface area contributed by atoms with Crippen molar-refractivity contribution in [3.8, 4) is 0 Å². The minimum absolute atomic E-state index is 0.0748. The van der Waals surface area contributed by atoms with Crippen molar-refractivity contribution in [2.24, 2.45) is 10.4 Å². The lowest BCUT2D eigenvalue weighted by Crippen LogP contribution is -2.36. The number of rotatable bonds is 10. The first-order valence-electron chi connectivity index (χ1n) is 13.0. The molecule has 0 radical (unpaired) electrons. The predicted octanol–water partition coefficient (Wildman–Crippen LogP) is 0.836. The summed E-state index contributed by atoms with van der Waals surface area (Å²) in [7, 11) is -2.70. The standard InChI is InChI=1S/C24H37N6O8PS/c1-5-39(29-6-8-35-9-7-29,36-10-11-40-21(33)23(2,3)14-31)37-13-16-12-24(4,34)20(38-16)30-15-26-17-18(30)27-22(25)28-19(17)32/h5,15-16,31,34H,6-14H2,1-4H3,(H2-,25,27,28,32)/p+1. The van der Waals surface area contributed by atoms with Gasteiger partial charge in [-0.2, -0.15) is 4.58 Å². The number of nitrogens with two attached hydrogens (primary N) is 1. The second-order valence-corrected chi connectivity index (χ2v) is 14.3. The number of anilines is 1. The number of ether oxygens (including phenoxy) is 2. The number of aromatic amines is 1. The fraction of sp³-hybridized carbons (Fsp3) is 0.667. The van der Waals surface area contributed by atoms with E-state index in [-0.39, 0.29) is 54.7 Å². The van der Waals surface area contributed by atoms with Gasteiger partial charge in [0.1, 0.15) is 6.10 Å². The number of thioether (sulfide) groups is 1. The maximum atomic E-state index is 12.4. The summed E-state index contributed by atoms with van der Waals surface area (Å²) in [5.41, 5.74) is 3.09. The van der Waals surface area contributed by atoms with Crippen molar-refractivity contribution in [1.82, 2.24) is 14.6 Å². The molecule has 0 amide bonds. The first-order valence-corrected chi connectivity index (χ1v) is 15.6. The molecule has 4 rings (SSSR count). The third-order valence-corrected chi connectivity index (χ3v) is 10.8. The fourth-order valence-electron chi connectivity index (χ4n) is 4.44. The number of carbonyl (C=O) groups is 1. The molecule has 0 bridgehead atoms. The van der Waals surface area contributed by atoms with E-state index in [1.165, 1.54) is 10.9 Å². The Morgan fingerprint density at radius 3 is 2.83 bits per heavy atom. The van der Waals surface area contributed by atoms with E-state index < -0.39 is 30.2 Å². The van der Waals surface area contributed by atoms with Crippen LogP contribution in [0.25, 0.3) is 0 Å². The third-order valence-electron chi connectivity index (χ3n) is 6.70. The molecule has 0 aromatic carbocycles. The molecule has 16 heteroatoms. The molecule has 3 aliphatic rings. The van der Waals surface area contributed by atoms with Gasteiger partial charge in [0, 0.05) is 25.3 Å². The lowest BCUT2D eigenvalue weighted by Gasteiger charge is -2.39. The minimum Gasteiger partial charge on any atom is -0.463 e. The van der Waals surface area contributed by atoms with E-state index in [1.807, 2.05) is 12.7 Å². The van der Waals surface area contributed by atoms with Crippen molar-refractivity contribution in [2.45, 2.75) is 45.8 Å². The smallest absolute Gasteiger partial charge is 0.322 e. The molecule has 1 aromatic heterocycles. The number of aliphatic hydroxyl groups is 2. The van der Waals surface area contributed by atoms with Crippen molar-refractivity contribution in [2.75, 3.05) is 57.6 Å². The molecular weight excluding hydrogens is 563 g/mol. The van der Waals surface area contributed by atoms with E-state index in [0.717, 1.165) is 11.8 Å². The summed E-state index contributed by atoms with van der Waals surface area (Å²) in [6, 6.07) is 0. The number of carbonyl (C=O) groups excluding carboxylic acids is 1. The topological polar surface area (TPSA) is 185 Å². The average Bonchev–Trinajstić information content (AvgIpc) is 3.48. The Morgan fingerprint density at radius 2 is 2.15 bits per heavy atom. The number of aliphatic imine (C=N–C) groups is 1. The van der Waals surface area contributed by atoms with Crippen molar-refractivity contribution >= 4 is 59.9 Å². The van der Waals surface area contributed by atoms with Gasteiger partial charge < -0.3 is 34.5 Å². The van der Waals surface area contributed by atoms with E-state index >= 15 is 0 Å². The Kier molecular flexibility index (Phi) is 9.57. The summed E-state index contributed by atoms with van der Waals surface area (Å²) in [6.45, 7) is 9.35. The van der Waals surface area contributed by atoms with Crippen LogP contribution in [0.4, 0.5) is 17.5 Å². The van der Waals surface area contributed by atoms with Crippen LogP contribution in [0.5, 0.6) is 0 Å². The number of nitrogens with zero attached hydrogens (tertiary/aromatic N) is 4. The highest BCUT2D eigenvalue weighted by atomic mass is 32.2. The van der Waals surface area contributed by atoms with Crippen LogP contribution in [-0.2, 0) is 23.3 Å². The summed E-state index contributed by atoms with van der Waals surface area (Å²) in [5.74, 6) is 2.59. The lowest BCUT2D eigenvalue weighted by atomic mass is 9.97. The minimum atomic E-state index is -2.70. The number of hydrogen-bond acceptors (Lipinski definition) is 13. The number of nitrogen functional groups attached to an aromatic ring is 1. The van der Waals surface area contributed by atoms with Crippen LogP contribution in [0.3, 0.4) is 0 Å². The molecule has 3 atom stereocenters. The zero-order valence-corrected chi connectivity index (χ0v) is 24.9. The molecule has 3 unspecified atom stereocenters. The van der Waals surface area contributed by atoms with Crippen molar-refractivity contribution in [3.05, 3.63) is 10.4 Å². The normalized spacial score (nSPS) is 26.4. The van der Waals surface area contributed by atoms with Gasteiger partial charge in [-0.05, 0) is 33.5 Å². The zero-order valence-electron chi connectivity index (χ0n) is 23.2. The fourth-order valence-corrected chi connectivity index (χ4v) is 7.85. The van der Waals surface area contributed by atoms with Crippen LogP contribution in [-0.4, -0.2) is 116 Å². The van der Waals surface area contributed by atoms with Crippen molar-refractivity contribution in [1.29, 1.82) is 0 Å². The van der Waals surface area contributed by atoms with E-state index in [1.54, 1.807) is 20.8 Å². The molecule has 1 aromatic rings. The van der Waals surface area contributed by atoms with Gasteiger partial charge >= 0.3 is 11.4 Å². The van der Waals surface area contributed by atoms with Gasteiger partial charge in [-0.3, -0.25) is 14.6 Å². The van der Waals surface area contributed by atoms with Gasteiger partial charge in [0.15, 0.2) is 18.2 Å². The highest BCUT2D eigenvalue weighted by molar-refractivity contribution is 8.13. The second-order valence-electron chi connectivity index (χ2n) is 10.5. The van der Waals surface area contributed by atoms with Gasteiger partial charge in [-0.1, -0.05) is 21.7 Å². The molecule has 14 nitrogen and oxygen atoms in total. The molecule has 222 valence electrons. The molecule has 3 aliphatic heterocycles. The Morgan fingerprint density at radius 1 is 1.43 bits per heavy atom. The average molecular weight is 602 g/mol. The predicted molar refractivity (Wildman–Crippen MR) is 154 cm³/mol. The van der Waals surface area contributed by atoms with Crippen molar-refractivity contribution < 1.29 is 38.1 Å². The van der Waals surface area contributed by atoms with Crippen LogP contribution in [0.1, 0.15) is 34.1 Å². The van der Waals surface area contributed by atoms with Crippen LogP contribution >= 0.6 is 19.3 Å². The molecule has 40 heavy (non-hydrogen) atoms. The summed E-state index contributed by atoms with van der Waals surface area (Å²) in [5, 5.41) is 20.6. The number of aliphatic hydroxyl groups excluding tert-OH is 1. The molecule has 2 saturated heterocycles. The van der Waals surface area contributed by atoms with Crippen LogP contribution in [0.2, 0.25) is 0 Å². The first-order chi connectivity index (χ1) is 18.9. The lowest BCUT2D eigenvalue weighted by molar-refractivity contribution is -0.316. The Balaban J connectivity index is 1.48. The van der Waals surface area contributed by atoms with E-state index in [0.29, 0.717) is 32.1 Å². The van der Waals surface area contributed by atoms with Gasteiger partial charge in [-0.25, -0.2) is 4.67 Å². The van der Waals surface area contributed by atoms with E-state index in [4.69, 9.17) is 24.3 Å². The van der Waals surface area contributed by atoms with Crippen LogP contribution in [0.15, 0.2) is 9.79 Å². The number of nitrogens with one attached hydrogen (secondary N) is 1. The molecule has 2 fully saturated rings. The Bertz CT molecular complexity index is 1290. The molecular formula is C24H38N6O8PS+. The van der Waals surface area contributed by atoms with Gasteiger partial charge in [0.05, 0.1) is 38.4 Å². The van der Waals surface area contributed by atoms with Crippen molar-refractivity contribution in [3.63, 3.8) is 0 Å². The van der Waals surface area contributed by atoms with Gasteiger partial charge in [0.2, 0.25) is 6.34 Å². The molecule has 4 heterocycles. The number of H-pyrrole nitrogens is 1. The zero-order chi connectivity index (χ0) is 29.1. The van der Waals surface area contributed by atoms with Gasteiger partial charge in [-0.15, -0.1) is 0 Å². The Hall–Kier alpha value is -2.10. The van der Waals surface area contributed by atoms with Crippen LogP contribution in [0, 0.1) is 5.41 Å². The molecule has 5 N–H and O–H groups in total. The number of hydrogen-bond donors (Lipinski definition) is 4. The highest BCUT2D eigenvalue weighted by Crippen LogP contribution is 2.54. The quantitative estimate of drug-likeness (QED) is 0.169. The first kappa shape index (κ1) is 30.8. The molecule has 0 saturated carbocycles. The summed E-state index contributed by atoms with van der Waals surface area (Å²) in [4.78, 5) is 35.3. The molecule has 0 aliphatic carbocycles. The number of aromatic nitrogens is 2. The maximum Gasteiger partial charge on any atom is 0.322 e. The second kappa shape index (κ2) is 12.4. The summed E-state index contributed by atoms with van der Waals surface area (Å²) < 4.78 is 28.1. The molecule has 0 spiro atoms. The Labute approximate surface area is 236 Å². The highest BCUT2D eigenvalue weighted by Gasteiger charge is 2.48. The monoisotopic (exact) mass is 601 g/mol. The van der Waals surface area contributed by atoms with Gasteiger partial charge in [0.25, 0.3) is 17.5 Å². The van der Waals surface area contributed by atoms with E-state index in [9.17, 15) is 19.8 Å². The SMILES string of the molecule is CC=P(OCCSC(=O)C(C)(C)CO)(OCC1CC(C)(O)C(=[N+]2C=Nc3c2nc(N)[nH]c3=O)O1)N1CCOCC1. The number of fused-ring (bicyclic) bond motifs is 1.